The van der Waals surface area contributed by atoms with Crippen molar-refractivity contribution in [2.24, 2.45) is 0 Å². The van der Waals surface area contributed by atoms with E-state index in [9.17, 15) is 19.7 Å². The van der Waals surface area contributed by atoms with Gasteiger partial charge in [-0.3, -0.25) is 19.6 Å². The van der Waals surface area contributed by atoms with Gasteiger partial charge in [0, 0.05) is 31.3 Å². The van der Waals surface area contributed by atoms with E-state index in [0.29, 0.717) is 5.75 Å². The number of carbonyl (C=O) groups is 2. The second-order valence-corrected chi connectivity index (χ2v) is 6.94. The van der Waals surface area contributed by atoms with Crippen LogP contribution in [0.1, 0.15) is 27.9 Å². The van der Waals surface area contributed by atoms with E-state index < -0.39 is 16.8 Å². The number of hydrogen-bond donors (Lipinski definition) is 2. The molecule has 3 rings (SSSR count). The van der Waals surface area contributed by atoms with Crippen LogP contribution in [0, 0.1) is 24.0 Å². The van der Waals surface area contributed by atoms with E-state index in [-0.39, 0.29) is 35.7 Å². The van der Waals surface area contributed by atoms with E-state index in [1.165, 1.54) is 35.3 Å². The van der Waals surface area contributed by atoms with Crippen molar-refractivity contribution >= 4 is 23.3 Å². The van der Waals surface area contributed by atoms with E-state index >= 15 is 0 Å². The van der Waals surface area contributed by atoms with Crippen LogP contribution in [0.15, 0.2) is 48.8 Å². The van der Waals surface area contributed by atoms with Crippen molar-refractivity contribution in [2.45, 2.75) is 26.8 Å². The van der Waals surface area contributed by atoms with Crippen LogP contribution >= 0.6 is 0 Å². The van der Waals surface area contributed by atoms with Crippen molar-refractivity contribution in [3.63, 3.8) is 0 Å². The van der Waals surface area contributed by atoms with Gasteiger partial charge in [0.2, 0.25) is 5.91 Å². The van der Waals surface area contributed by atoms with Crippen molar-refractivity contribution in [3.05, 3.63) is 75.6 Å². The lowest BCUT2D eigenvalue weighted by Crippen LogP contribution is -2.15. The molecule has 0 aliphatic heterocycles. The number of nitro benzene ring substituents is 1. The molecule has 0 spiro atoms. The van der Waals surface area contributed by atoms with E-state index in [4.69, 9.17) is 9.84 Å². The number of nitro groups is 1. The molecule has 0 bridgehead atoms. The van der Waals surface area contributed by atoms with Crippen LogP contribution in [0.5, 0.6) is 11.5 Å². The normalized spacial score (nSPS) is 10.5. The smallest absolute Gasteiger partial charge is 0.338 e. The first kappa shape index (κ1) is 21.5. The molecule has 31 heavy (non-hydrogen) atoms. The average molecular weight is 424 g/mol. The van der Waals surface area contributed by atoms with Gasteiger partial charge >= 0.3 is 5.97 Å². The van der Waals surface area contributed by atoms with Gasteiger partial charge < -0.3 is 15.2 Å². The maximum Gasteiger partial charge on any atom is 0.338 e. The second-order valence-electron chi connectivity index (χ2n) is 6.94. The molecule has 0 aliphatic carbocycles. The molecule has 2 N–H and O–H groups in total. The Hall–Kier alpha value is -4.21. The van der Waals surface area contributed by atoms with Gasteiger partial charge in [0.05, 0.1) is 28.4 Å². The minimum Gasteiger partial charge on any atom is -0.478 e. The number of non-ortho nitro benzene ring substituents is 1. The number of anilines is 1. The minimum absolute atomic E-state index is 0.00336. The SMILES string of the molecule is Cc1ccc(C)c(Oc2cc(NC(=O)CCn3cc(C(=O)O)cn3)cc([N+](=O)[O-])c2)c1. The summed E-state index contributed by atoms with van der Waals surface area (Å²) in [7, 11) is 0. The molecule has 0 fully saturated rings. The van der Waals surface area contributed by atoms with Crippen LogP contribution in [-0.4, -0.2) is 31.7 Å². The summed E-state index contributed by atoms with van der Waals surface area (Å²) in [5.41, 5.74) is 1.85. The molecule has 0 radical (unpaired) electrons. The zero-order valence-electron chi connectivity index (χ0n) is 16.9. The summed E-state index contributed by atoms with van der Waals surface area (Å²) in [5, 5.41) is 26.7. The Labute approximate surface area is 177 Å². The van der Waals surface area contributed by atoms with E-state index in [1.807, 2.05) is 32.0 Å². The van der Waals surface area contributed by atoms with Crippen molar-refractivity contribution in [2.75, 3.05) is 5.32 Å². The largest absolute Gasteiger partial charge is 0.478 e. The Morgan fingerprint density at radius 3 is 2.68 bits per heavy atom. The standard InChI is InChI=1S/C21H20N4O6/c1-13-3-4-14(2)19(7-13)31-18-9-16(8-17(10-18)25(29)30)23-20(26)5-6-24-12-15(11-22-24)21(27)28/h3-4,7-12H,5-6H2,1-2H3,(H,23,26)(H,27,28). The number of aromatic nitrogens is 2. The van der Waals surface area contributed by atoms with Crippen molar-refractivity contribution in [1.29, 1.82) is 0 Å². The summed E-state index contributed by atoms with van der Waals surface area (Å²) >= 11 is 0. The maximum absolute atomic E-state index is 12.3. The number of ether oxygens (including phenoxy) is 1. The Morgan fingerprint density at radius 2 is 2.00 bits per heavy atom. The molecule has 1 amide bonds. The quantitative estimate of drug-likeness (QED) is 0.413. The molecule has 2 aromatic carbocycles. The molecule has 10 heteroatoms. The van der Waals surface area contributed by atoms with Gasteiger partial charge in [0.1, 0.15) is 11.5 Å². The van der Waals surface area contributed by atoms with E-state index in [0.717, 1.165) is 11.1 Å². The van der Waals surface area contributed by atoms with E-state index in [1.54, 1.807) is 0 Å². The van der Waals surface area contributed by atoms with Gasteiger partial charge in [0.25, 0.3) is 5.69 Å². The number of aromatic carboxylic acids is 1. The predicted molar refractivity (Wildman–Crippen MR) is 112 cm³/mol. The lowest BCUT2D eigenvalue weighted by atomic mass is 10.1. The third-order valence-electron chi connectivity index (χ3n) is 4.41. The van der Waals surface area contributed by atoms with Crippen LogP contribution < -0.4 is 10.1 Å². The van der Waals surface area contributed by atoms with Crippen molar-refractivity contribution in [1.82, 2.24) is 9.78 Å². The molecule has 1 heterocycles. The zero-order valence-corrected chi connectivity index (χ0v) is 16.9. The number of nitrogens with zero attached hydrogens (tertiary/aromatic N) is 3. The number of carbonyl (C=O) groups excluding carboxylic acids is 1. The van der Waals surface area contributed by atoms with Crippen LogP contribution in [0.2, 0.25) is 0 Å². The number of rotatable bonds is 8. The number of carboxylic acids is 1. The lowest BCUT2D eigenvalue weighted by molar-refractivity contribution is -0.384. The van der Waals surface area contributed by atoms with Crippen molar-refractivity contribution < 1.29 is 24.4 Å². The highest BCUT2D eigenvalue weighted by Gasteiger charge is 2.14. The van der Waals surface area contributed by atoms with Gasteiger partial charge in [0.15, 0.2) is 0 Å². The first-order valence-corrected chi connectivity index (χ1v) is 9.31. The average Bonchev–Trinajstić information content (AvgIpc) is 3.18. The summed E-state index contributed by atoms with van der Waals surface area (Å²) in [5.74, 6) is -0.740. The summed E-state index contributed by atoms with van der Waals surface area (Å²) in [6.45, 7) is 3.92. The van der Waals surface area contributed by atoms with Gasteiger partial charge in [-0.2, -0.15) is 5.10 Å². The molecule has 0 unspecified atom stereocenters. The third-order valence-corrected chi connectivity index (χ3v) is 4.41. The molecule has 10 nitrogen and oxygen atoms in total. The van der Waals surface area contributed by atoms with E-state index in [2.05, 4.69) is 10.4 Å². The fourth-order valence-corrected chi connectivity index (χ4v) is 2.80. The molecule has 0 atom stereocenters. The van der Waals surface area contributed by atoms with Crippen LogP contribution in [0.3, 0.4) is 0 Å². The van der Waals surface area contributed by atoms with Crippen molar-refractivity contribution in [3.8, 4) is 11.5 Å². The van der Waals surface area contributed by atoms with Gasteiger partial charge in [-0.1, -0.05) is 12.1 Å². The lowest BCUT2D eigenvalue weighted by Gasteiger charge is -2.12. The van der Waals surface area contributed by atoms with Crippen LogP contribution in [0.25, 0.3) is 0 Å². The molecule has 160 valence electrons. The molecule has 1 aromatic heterocycles. The monoisotopic (exact) mass is 424 g/mol. The van der Waals surface area contributed by atoms with Gasteiger partial charge in [-0.15, -0.1) is 0 Å². The minimum atomic E-state index is -1.11. The highest BCUT2D eigenvalue weighted by molar-refractivity contribution is 5.91. The molecule has 3 aromatic rings. The number of nitrogens with one attached hydrogen (secondary N) is 1. The third kappa shape index (κ3) is 5.66. The highest BCUT2D eigenvalue weighted by Crippen LogP contribution is 2.31. The first-order chi connectivity index (χ1) is 14.7. The number of amides is 1. The molecular weight excluding hydrogens is 404 g/mol. The molecule has 0 saturated carbocycles. The highest BCUT2D eigenvalue weighted by atomic mass is 16.6. The first-order valence-electron chi connectivity index (χ1n) is 9.31. The predicted octanol–water partition coefficient (Wildman–Crippen LogP) is 3.93. The molecular formula is C21H20N4O6. The number of hydrogen-bond acceptors (Lipinski definition) is 6. The Bertz CT molecular complexity index is 1150. The van der Waals surface area contributed by atoms with Crippen LogP contribution in [0.4, 0.5) is 11.4 Å². The van der Waals surface area contributed by atoms with Gasteiger partial charge in [-0.05, 0) is 31.0 Å². The summed E-state index contributed by atoms with van der Waals surface area (Å²) < 4.78 is 7.17. The molecule has 0 aliphatic rings. The topological polar surface area (TPSA) is 137 Å². The van der Waals surface area contributed by atoms with Crippen LogP contribution in [-0.2, 0) is 11.3 Å². The molecule has 0 saturated heterocycles. The fraction of sp³-hybridized carbons (Fsp3) is 0.190. The summed E-state index contributed by atoms with van der Waals surface area (Å²) in [6.07, 6.45) is 2.51. The Balaban J connectivity index is 1.73. The maximum atomic E-state index is 12.3. The second kappa shape index (κ2) is 9.08. The zero-order chi connectivity index (χ0) is 22.5. The summed E-state index contributed by atoms with van der Waals surface area (Å²) in [4.78, 5) is 33.9. The summed E-state index contributed by atoms with van der Waals surface area (Å²) in [6, 6.07) is 9.67. The number of benzene rings is 2. The Kier molecular flexibility index (Phi) is 6.29. The number of aryl methyl sites for hydroxylation is 3. The Morgan fingerprint density at radius 1 is 1.23 bits per heavy atom. The fourth-order valence-electron chi connectivity index (χ4n) is 2.80. The van der Waals surface area contributed by atoms with Gasteiger partial charge in [-0.25, -0.2) is 4.79 Å². The number of carboxylic acid groups (broad SMARTS) is 1.